The SMILES string of the molecule is C(=NCCN(CCN=Cc1ccccn1)CCN=Cc1ccccn1)c1ccccn1.[Cr+3].[O-][Cl+3]([O-])([O-])[O-].[O-][Cl+3]([O-])([O-])[O-].[O-][Cl+3]([O-])([O-])[O-]. The third-order valence-corrected chi connectivity index (χ3v) is 4.37. The van der Waals surface area contributed by atoms with Gasteiger partial charge in [-0.1, -0.05) is 18.2 Å². The van der Waals surface area contributed by atoms with E-state index in [-0.39, 0.29) is 17.4 Å². The summed E-state index contributed by atoms with van der Waals surface area (Å²) >= 11 is 0. The van der Waals surface area contributed by atoms with Gasteiger partial charge in [0.15, 0.2) is 0 Å². The molecule has 3 aromatic rings. The van der Waals surface area contributed by atoms with Crippen molar-refractivity contribution in [2.75, 3.05) is 39.3 Å². The summed E-state index contributed by atoms with van der Waals surface area (Å²) in [5.41, 5.74) is 2.61. The van der Waals surface area contributed by atoms with E-state index in [9.17, 15) is 0 Å². The molecule has 0 saturated heterocycles. The maximum absolute atomic E-state index is 8.49. The Labute approximate surface area is 286 Å². The molecule has 0 spiro atoms. The van der Waals surface area contributed by atoms with Crippen molar-refractivity contribution in [2.45, 2.75) is 0 Å². The predicted molar refractivity (Wildman–Crippen MR) is 127 cm³/mol. The predicted octanol–water partition coefficient (Wildman–Crippen LogP) is -11.4. The summed E-state index contributed by atoms with van der Waals surface area (Å²) in [5.74, 6) is 0. The zero-order valence-corrected chi connectivity index (χ0v) is 27.5. The van der Waals surface area contributed by atoms with Crippen LogP contribution in [0.5, 0.6) is 0 Å². The maximum atomic E-state index is 8.49. The Balaban J connectivity index is 0. The summed E-state index contributed by atoms with van der Waals surface area (Å²) < 4.78 is 102. The van der Waals surface area contributed by atoms with Crippen molar-refractivity contribution in [3.05, 3.63) is 90.3 Å². The molecule has 0 aliphatic carbocycles. The molecule has 0 bridgehead atoms. The van der Waals surface area contributed by atoms with Gasteiger partial charge in [-0.25, -0.2) is 55.9 Å². The molecule has 47 heavy (non-hydrogen) atoms. The van der Waals surface area contributed by atoms with E-state index in [4.69, 9.17) is 55.9 Å². The minimum Gasteiger partial charge on any atom is -0.298 e. The van der Waals surface area contributed by atoms with Crippen LogP contribution in [0.15, 0.2) is 88.2 Å². The van der Waals surface area contributed by atoms with Crippen LogP contribution in [0.25, 0.3) is 0 Å². The molecule has 0 aliphatic rings. The van der Waals surface area contributed by atoms with E-state index in [1.54, 1.807) is 18.6 Å². The van der Waals surface area contributed by atoms with Gasteiger partial charge in [0.25, 0.3) is 0 Å². The Kier molecular flexibility index (Phi) is 26.0. The molecule has 0 atom stereocenters. The van der Waals surface area contributed by atoms with Crippen molar-refractivity contribution in [3.63, 3.8) is 0 Å². The van der Waals surface area contributed by atoms with Crippen LogP contribution < -0.4 is 55.9 Å². The van der Waals surface area contributed by atoms with E-state index in [1.807, 2.05) is 73.2 Å². The first kappa shape index (κ1) is 46.5. The Morgan fingerprint density at radius 2 is 0.702 bits per heavy atom. The van der Waals surface area contributed by atoms with Crippen molar-refractivity contribution in [1.82, 2.24) is 19.9 Å². The molecular formula is C24H27Cl3CrN7O12. The van der Waals surface area contributed by atoms with Gasteiger partial charge < -0.3 is 0 Å². The quantitative estimate of drug-likeness (QED) is 0.155. The van der Waals surface area contributed by atoms with E-state index in [2.05, 4.69) is 34.8 Å². The number of hydrogen-bond donors (Lipinski definition) is 0. The summed E-state index contributed by atoms with van der Waals surface area (Å²) in [4.78, 5) is 28.6. The monoisotopic (exact) mass is 762 g/mol. The fourth-order valence-electron chi connectivity index (χ4n) is 2.76. The van der Waals surface area contributed by atoms with E-state index in [1.165, 1.54) is 0 Å². The van der Waals surface area contributed by atoms with Crippen LogP contribution in [0.2, 0.25) is 0 Å². The molecule has 0 unspecified atom stereocenters. The summed E-state index contributed by atoms with van der Waals surface area (Å²) in [5, 5.41) is 0. The first-order valence-electron chi connectivity index (χ1n) is 12.2. The van der Waals surface area contributed by atoms with E-state index in [0.29, 0.717) is 19.6 Å². The van der Waals surface area contributed by atoms with Gasteiger partial charge in [0.2, 0.25) is 0 Å². The molecule has 3 aromatic heterocycles. The molecule has 0 aliphatic heterocycles. The maximum Gasteiger partial charge on any atom is 3.00 e. The fraction of sp³-hybridized carbons (Fsp3) is 0.250. The summed E-state index contributed by atoms with van der Waals surface area (Å²) in [6.07, 6.45) is 10.8. The molecule has 23 heteroatoms. The van der Waals surface area contributed by atoms with Crippen molar-refractivity contribution in [3.8, 4) is 0 Å². The number of rotatable bonds is 12. The second-order valence-electron chi connectivity index (χ2n) is 7.85. The molecule has 0 saturated carbocycles. The van der Waals surface area contributed by atoms with Gasteiger partial charge in [-0.2, -0.15) is 0 Å². The number of nitrogens with zero attached hydrogens (tertiary/aromatic N) is 7. The van der Waals surface area contributed by atoms with Crippen LogP contribution in [-0.2, 0) is 17.4 Å². The third-order valence-electron chi connectivity index (χ3n) is 4.37. The zero-order valence-electron chi connectivity index (χ0n) is 24.0. The number of aromatic nitrogens is 3. The standard InChI is InChI=1S/C24H27N7.3ClHO4.Cr/c1-4-10-28-22(7-1)19-25-13-16-31(17-14-26-20-23-8-2-5-11-29-23)18-15-27-21-24-9-3-6-12-30-24;3*2-1(3,4)5;/h1-12,19-21H,13-18H2;3*(H,2,3,4,5);/q;;;;+3/p-3. The van der Waals surface area contributed by atoms with E-state index < -0.39 is 30.7 Å². The van der Waals surface area contributed by atoms with E-state index >= 15 is 0 Å². The van der Waals surface area contributed by atoms with Crippen LogP contribution in [0, 0.1) is 30.7 Å². The molecule has 257 valence electrons. The minimum atomic E-state index is -4.94. The average molecular weight is 764 g/mol. The smallest absolute Gasteiger partial charge is 0.298 e. The van der Waals surface area contributed by atoms with Crippen LogP contribution in [0.1, 0.15) is 17.1 Å². The van der Waals surface area contributed by atoms with Crippen molar-refractivity contribution in [2.24, 2.45) is 15.0 Å². The topological polar surface area (TPSA) is 356 Å². The Hall–Kier alpha value is -2.66. The van der Waals surface area contributed by atoms with Gasteiger partial charge in [-0.05, 0) is 36.4 Å². The second kappa shape index (κ2) is 26.3. The zero-order chi connectivity index (χ0) is 34.9. The summed E-state index contributed by atoms with van der Waals surface area (Å²) in [6, 6.07) is 17.4. The number of halogens is 3. The van der Waals surface area contributed by atoms with Gasteiger partial charge in [-0.3, -0.25) is 34.8 Å². The molecule has 0 fully saturated rings. The Bertz CT molecular complexity index is 1080. The van der Waals surface area contributed by atoms with Gasteiger partial charge in [0, 0.05) is 56.9 Å². The average Bonchev–Trinajstić information content (AvgIpc) is 2.94. The normalized spacial score (nSPS) is 11.7. The number of hydrogen-bond acceptors (Lipinski definition) is 19. The van der Waals surface area contributed by atoms with Gasteiger partial charge >= 0.3 is 17.4 Å². The summed E-state index contributed by atoms with van der Waals surface area (Å²) in [7, 11) is -14.8. The van der Waals surface area contributed by atoms with Crippen LogP contribution in [0.3, 0.4) is 0 Å². The molecular weight excluding hydrogens is 737 g/mol. The Morgan fingerprint density at radius 3 is 0.894 bits per heavy atom. The molecule has 3 rings (SSSR count). The molecule has 3 heterocycles. The van der Waals surface area contributed by atoms with Gasteiger partial charge in [-0.15, -0.1) is 30.7 Å². The number of aliphatic imine (C=N–C) groups is 3. The van der Waals surface area contributed by atoms with Gasteiger partial charge in [0.05, 0.1) is 36.7 Å². The minimum absolute atomic E-state index is 0. The molecule has 1 radical (unpaired) electrons. The fourth-order valence-corrected chi connectivity index (χ4v) is 2.76. The summed E-state index contributed by atoms with van der Waals surface area (Å²) in [6.45, 7) is 4.60. The third kappa shape index (κ3) is 41.3. The van der Waals surface area contributed by atoms with Crippen LogP contribution in [-0.4, -0.2) is 77.8 Å². The largest absolute Gasteiger partial charge is 3.00 e. The molecule has 0 N–H and O–H groups in total. The first-order valence-corrected chi connectivity index (χ1v) is 15.9. The van der Waals surface area contributed by atoms with E-state index in [0.717, 1.165) is 36.7 Å². The number of pyridine rings is 3. The molecule has 0 amide bonds. The first-order chi connectivity index (χ1) is 21.4. The van der Waals surface area contributed by atoms with Crippen LogP contribution in [0.4, 0.5) is 0 Å². The second-order valence-corrected chi connectivity index (χ2v) is 10.1. The van der Waals surface area contributed by atoms with Crippen molar-refractivity contribution >= 4 is 18.6 Å². The van der Waals surface area contributed by atoms with Crippen molar-refractivity contribution < 1.29 is 104 Å². The van der Waals surface area contributed by atoms with Crippen LogP contribution >= 0.6 is 0 Å². The Morgan fingerprint density at radius 1 is 0.468 bits per heavy atom. The van der Waals surface area contributed by atoms with Crippen molar-refractivity contribution in [1.29, 1.82) is 0 Å². The molecule has 19 nitrogen and oxygen atoms in total. The van der Waals surface area contributed by atoms with Gasteiger partial charge in [0.1, 0.15) is 0 Å². The molecule has 0 aromatic carbocycles.